The van der Waals surface area contributed by atoms with E-state index in [0.29, 0.717) is 11.4 Å². The van der Waals surface area contributed by atoms with Gasteiger partial charge in [-0.05, 0) is 19.1 Å². The van der Waals surface area contributed by atoms with Crippen LogP contribution in [0.5, 0.6) is 11.5 Å². The third kappa shape index (κ3) is 2.69. The Bertz CT molecular complexity index is 661. The average Bonchev–Trinajstić information content (AvgIpc) is 2.86. The molecule has 1 aromatic carbocycles. The van der Waals surface area contributed by atoms with Crippen LogP contribution in [0.3, 0.4) is 0 Å². The van der Waals surface area contributed by atoms with Gasteiger partial charge in [0.15, 0.2) is 5.13 Å². The van der Waals surface area contributed by atoms with Crippen molar-refractivity contribution in [2.75, 3.05) is 5.32 Å². The van der Waals surface area contributed by atoms with Crippen molar-refractivity contribution in [2.45, 2.75) is 6.92 Å². The number of hydrogen-bond donors (Lipinski definition) is 4. The second-order valence-electron chi connectivity index (χ2n) is 3.85. The van der Waals surface area contributed by atoms with Gasteiger partial charge >= 0.3 is 0 Å². The molecule has 0 aliphatic rings. The normalized spacial score (nSPS) is 11.3. The third-order valence-corrected chi connectivity index (χ3v) is 3.25. The average molecular weight is 293 g/mol. The molecule has 1 amide bonds. The molecule has 1 aromatic heterocycles. The van der Waals surface area contributed by atoms with Crippen LogP contribution in [0.2, 0.25) is 0 Å². The van der Waals surface area contributed by atoms with E-state index in [2.05, 4.69) is 15.5 Å². The lowest BCUT2D eigenvalue weighted by Gasteiger charge is -2.06. The lowest BCUT2D eigenvalue weighted by atomic mass is 10.1. The first kappa shape index (κ1) is 13.8. The van der Waals surface area contributed by atoms with Gasteiger partial charge in [-0.15, -0.1) is 11.3 Å². The lowest BCUT2D eigenvalue weighted by molar-refractivity contribution is 0.102. The van der Waals surface area contributed by atoms with E-state index in [1.54, 1.807) is 12.3 Å². The van der Waals surface area contributed by atoms with Crippen LogP contribution in [0, 0.1) is 0 Å². The zero-order valence-corrected chi connectivity index (χ0v) is 11.2. The molecule has 0 fully saturated rings. The van der Waals surface area contributed by atoms with Crippen molar-refractivity contribution in [3.63, 3.8) is 0 Å². The Hall–Kier alpha value is -2.61. The summed E-state index contributed by atoms with van der Waals surface area (Å²) in [6, 6.07) is 4.01. The number of rotatable bonds is 3. The first-order valence-electron chi connectivity index (χ1n) is 5.49. The van der Waals surface area contributed by atoms with E-state index >= 15 is 0 Å². The number of nitrogens with zero attached hydrogens (tertiary/aromatic N) is 2. The van der Waals surface area contributed by atoms with Gasteiger partial charge in [0.05, 0.1) is 0 Å². The molecule has 8 heteroatoms. The Morgan fingerprint density at radius 1 is 1.35 bits per heavy atom. The van der Waals surface area contributed by atoms with Crippen molar-refractivity contribution in [2.24, 2.45) is 5.16 Å². The highest BCUT2D eigenvalue weighted by atomic mass is 32.1. The van der Waals surface area contributed by atoms with Crippen molar-refractivity contribution in [1.82, 2.24) is 4.98 Å². The number of benzene rings is 1. The van der Waals surface area contributed by atoms with E-state index in [-0.39, 0.29) is 22.2 Å². The molecule has 104 valence electrons. The van der Waals surface area contributed by atoms with E-state index in [1.165, 1.54) is 18.2 Å². The van der Waals surface area contributed by atoms with Gasteiger partial charge < -0.3 is 15.4 Å². The van der Waals surface area contributed by atoms with Gasteiger partial charge in [0.2, 0.25) is 0 Å². The topological polar surface area (TPSA) is 115 Å². The molecule has 1 heterocycles. The van der Waals surface area contributed by atoms with Crippen molar-refractivity contribution in [3.05, 3.63) is 34.8 Å². The van der Waals surface area contributed by atoms with Crippen molar-refractivity contribution >= 4 is 28.1 Å². The molecule has 0 spiro atoms. The summed E-state index contributed by atoms with van der Waals surface area (Å²) in [4.78, 5) is 16.0. The number of phenolic OH excluding ortho intramolecular Hbond substituents is 2. The van der Waals surface area contributed by atoms with E-state index in [1.807, 2.05) is 0 Å². The van der Waals surface area contributed by atoms with Gasteiger partial charge in [0.25, 0.3) is 5.91 Å². The molecule has 4 N–H and O–H groups in total. The third-order valence-electron chi connectivity index (χ3n) is 2.49. The second-order valence-corrected chi connectivity index (χ2v) is 4.71. The maximum absolute atomic E-state index is 12.0. The van der Waals surface area contributed by atoms with E-state index in [4.69, 9.17) is 5.21 Å². The van der Waals surface area contributed by atoms with Gasteiger partial charge in [0.1, 0.15) is 28.5 Å². The summed E-state index contributed by atoms with van der Waals surface area (Å²) in [7, 11) is 0. The van der Waals surface area contributed by atoms with Crippen LogP contribution in [0.1, 0.15) is 23.0 Å². The highest BCUT2D eigenvalue weighted by molar-refractivity contribution is 7.14. The molecule has 0 aliphatic carbocycles. The Labute approximate surface area is 117 Å². The maximum atomic E-state index is 12.0. The molecule has 2 aromatic rings. The van der Waals surface area contributed by atoms with Crippen LogP contribution < -0.4 is 5.32 Å². The number of hydrogen-bond acceptors (Lipinski definition) is 7. The van der Waals surface area contributed by atoms with Crippen LogP contribution in [-0.2, 0) is 0 Å². The standard InChI is InChI=1S/C12H11N3O4S/c1-6(15-19)7-5-20-12(13-7)14-11(18)10-8(16)3-2-4-9(10)17/h2-5,16-17,19H,1H3,(H,13,14,18)/b15-6-. The number of oxime groups is 1. The maximum Gasteiger partial charge on any atom is 0.264 e. The molecule has 0 radical (unpaired) electrons. The van der Waals surface area contributed by atoms with Crippen LogP contribution in [0.15, 0.2) is 28.7 Å². The number of aromatic nitrogens is 1. The number of amides is 1. The van der Waals surface area contributed by atoms with E-state index < -0.39 is 5.91 Å². The van der Waals surface area contributed by atoms with Crippen LogP contribution in [0.4, 0.5) is 5.13 Å². The van der Waals surface area contributed by atoms with Gasteiger partial charge in [-0.3, -0.25) is 10.1 Å². The molecule has 20 heavy (non-hydrogen) atoms. The SMILES string of the molecule is C/C(=N/O)c1csc(NC(=O)c2c(O)cccc2O)n1. The van der Waals surface area contributed by atoms with Crippen molar-refractivity contribution < 1.29 is 20.2 Å². The van der Waals surface area contributed by atoms with Gasteiger partial charge in [-0.25, -0.2) is 4.98 Å². The molecular weight excluding hydrogens is 282 g/mol. The number of anilines is 1. The Morgan fingerprint density at radius 2 is 2.00 bits per heavy atom. The number of carbonyl (C=O) groups excluding carboxylic acids is 1. The number of nitrogens with one attached hydrogen (secondary N) is 1. The summed E-state index contributed by atoms with van der Waals surface area (Å²) < 4.78 is 0. The summed E-state index contributed by atoms with van der Waals surface area (Å²) in [5, 5.41) is 35.1. The van der Waals surface area contributed by atoms with Crippen LogP contribution in [0.25, 0.3) is 0 Å². The Morgan fingerprint density at radius 3 is 2.60 bits per heavy atom. The number of carbonyl (C=O) groups is 1. The molecule has 0 unspecified atom stereocenters. The Balaban J connectivity index is 2.22. The predicted octanol–water partition coefficient (Wildman–Crippen LogP) is 2.00. The summed E-state index contributed by atoms with van der Waals surface area (Å²) in [5.41, 5.74) is 0.512. The fourth-order valence-corrected chi connectivity index (χ4v) is 2.22. The van der Waals surface area contributed by atoms with Crippen LogP contribution >= 0.6 is 11.3 Å². The zero-order valence-electron chi connectivity index (χ0n) is 10.4. The quantitative estimate of drug-likeness (QED) is 0.392. The first-order chi connectivity index (χ1) is 9.52. The molecule has 2 rings (SSSR count). The van der Waals surface area contributed by atoms with Crippen molar-refractivity contribution in [1.29, 1.82) is 0 Å². The minimum atomic E-state index is -0.680. The number of aromatic hydroxyl groups is 2. The fraction of sp³-hybridized carbons (Fsp3) is 0.0833. The largest absolute Gasteiger partial charge is 0.507 e. The molecule has 0 atom stereocenters. The van der Waals surface area contributed by atoms with Crippen molar-refractivity contribution in [3.8, 4) is 11.5 Å². The smallest absolute Gasteiger partial charge is 0.264 e. The molecule has 0 saturated heterocycles. The van der Waals surface area contributed by atoms with Gasteiger partial charge in [-0.1, -0.05) is 11.2 Å². The van der Waals surface area contributed by atoms with E-state index in [9.17, 15) is 15.0 Å². The molecule has 0 bridgehead atoms. The molecule has 0 aliphatic heterocycles. The summed E-state index contributed by atoms with van der Waals surface area (Å²) in [5.74, 6) is -1.33. The monoisotopic (exact) mass is 293 g/mol. The fourth-order valence-electron chi connectivity index (χ4n) is 1.47. The molecular formula is C12H11N3O4S. The summed E-state index contributed by atoms with van der Waals surface area (Å²) in [6.45, 7) is 1.56. The highest BCUT2D eigenvalue weighted by Crippen LogP contribution is 2.27. The number of thiazole rings is 1. The first-order valence-corrected chi connectivity index (χ1v) is 6.37. The van der Waals surface area contributed by atoms with E-state index in [0.717, 1.165) is 11.3 Å². The minimum absolute atomic E-state index is 0.225. The van der Waals surface area contributed by atoms with Crippen LogP contribution in [-0.4, -0.2) is 32.0 Å². The molecule has 0 saturated carbocycles. The Kier molecular flexibility index (Phi) is 3.85. The number of phenols is 2. The molecule has 7 nitrogen and oxygen atoms in total. The van der Waals surface area contributed by atoms with Gasteiger partial charge in [0, 0.05) is 5.38 Å². The van der Waals surface area contributed by atoms with Gasteiger partial charge in [-0.2, -0.15) is 0 Å². The highest BCUT2D eigenvalue weighted by Gasteiger charge is 2.17. The second kappa shape index (κ2) is 5.57. The zero-order chi connectivity index (χ0) is 14.7. The predicted molar refractivity (Wildman–Crippen MR) is 73.8 cm³/mol. The minimum Gasteiger partial charge on any atom is -0.507 e. The summed E-state index contributed by atoms with van der Waals surface area (Å²) >= 11 is 1.13. The summed E-state index contributed by atoms with van der Waals surface area (Å²) in [6.07, 6.45) is 0. The lowest BCUT2D eigenvalue weighted by Crippen LogP contribution is -2.12.